The topological polar surface area (TPSA) is 111 Å². The lowest BCUT2D eigenvalue weighted by Gasteiger charge is -2.10. The van der Waals surface area contributed by atoms with Crippen molar-refractivity contribution in [3.05, 3.63) is 64.2 Å². The summed E-state index contributed by atoms with van der Waals surface area (Å²) in [5.41, 5.74) is 0.902. The van der Waals surface area contributed by atoms with E-state index < -0.39 is 11.5 Å². The lowest BCUT2D eigenvalue weighted by molar-refractivity contribution is -0.126. The highest BCUT2D eigenvalue weighted by molar-refractivity contribution is 5.95. The third kappa shape index (κ3) is 4.80. The maximum atomic E-state index is 12.7. The molecule has 8 heteroatoms. The van der Waals surface area contributed by atoms with Crippen LogP contribution in [-0.4, -0.2) is 31.5 Å². The Labute approximate surface area is 195 Å². The Morgan fingerprint density at radius 2 is 1.74 bits per heavy atom. The molecule has 0 aliphatic carbocycles. The number of hydrogen-bond acceptors (Lipinski definition) is 6. The molecule has 0 unspecified atom stereocenters. The van der Waals surface area contributed by atoms with E-state index in [-0.39, 0.29) is 30.3 Å². The summed E-state index contributed by atoms with van der Waals surface area (Å²) in [6.45, 7) is 5.18. The van der Waals surface area contributed by atoms with Crippen LogP contribution in [0.15, 0.2) is 56.1 Å². The van der Waals surface area contributed by atoms with Gasteiger partial charge in [0.25, 0.3) is 0 Å². The standard InChI is InChI=1S/C26H26N2O6/c1-14(2)28-23(30)13-27-22(29)12-20-24-21(9-15(3)33-26(24)31)34-25(20)18-6-5-17-11-19(32-4)8-7-16(17)10-18/h5-11,14H,12-13H2,1-4H3,(H,27,29)(H,28,30). The van der Waals surface area contributed by atoms with E-state index in [0.717, 1.165) is 16.5 Å². The first-order chi connectivity index (χ1) is 16.2. The predicted molar refractivity (Wildman–Crippen MR) is 129 cm³/mol. The second-order valence-corrected chi connectivity index (χ2v) is 8.40. The number of aryl methyl sites for hydroxylation is 1. The van der Waals surface area contributed by atoms with Gasteiger partial charge in [0.15, 0.2) is 0 Å². The summed E-state index contributed by atoms with van der Waals surface area (Å²) in [5.74, 6) is 0.863. The Bertz CT molecular complexity index is 1450. The van der Waals surface area contributed by atoms with Crippen molar-refractivity contribution < 1.29 is 23.2 Å². The van der Waals surface area contributed by atoms with E-state index in [1.54, 1.807) is 20.1 Å². The van der Waals surface area contributed by atoms with Crippen LogP contribution in [0.25, 0.3) is 33.1 Å². The van der Waals surface area contributed by atoms with Crippen LogP contribution in [0.5, 0.6) is 5.75 Å². The number of furan rings is 1. The molecule has 0 aliphatic heterocycles. The van der Waals surface area contributed by atoms with E-state index in [2.05, 4.69) is 10.6 Å². The number of fused-ring (bicyclic) bond motifs is 2. The number of rotatable bonds is 7. The summed E-state index contributed by atoms with van der Waals surface area (Å²) in [6.07, 6.45) is -0.147. The fraction of sp³-hybridized carbons (Fsp3) is 0.269. The highest BCUT2D eigenvalue weighted by Gasteiger charge is 2.23. The minimum Gasteiger partial charge on any atom is -0.497 e. The molecule has 0 fully saturated rings. The number of benzene rings is 2. The van der Waals surface area contributed by atoms with E-state index >= 15 is 0 Å². The van der Waals surface area contributed by atoms with Gasteiger partial charge in [0, 0.05) is 23.2 Å². The third-order valence-corrected chi connectivity index (χ3v) is 5.37. The van der Waals surface area contributed by atoms with Crippen LogP contribution in [0.3, 0.4) is 0 Å². The molecule has 34 heavy (non-hydrogen) atoms. The fourth-order valence-corrected chi connectivity index (χ4v) is 3.89. The quantitative estimate of drug-likeness (QED) is 0.433. The Kier molecular flexibility index (Phi) is 6.40. The van der Waals surface area contributed by atoms with Crippen molar-refractivity contribution in [3.63, 3.8) is 0 Å². The number of nitrogens with one attached hydrogen (secondary N) is 2. The highest BCUT2D eigenvalue weighted by atomic mass is 16.5. The first kappa shape index (κ1) is 23.1. The molecule has 2 aromatic carbocycles. The summed E-state index contributed by atoms with van der Waals surface area (Å²) < 4.78 is 16.6. The maximum Gasteiger partial charge on any atom is 0.347 e. The van der Waals surface area contributed by atoms with Crippen LogP contribution in [0.1, 0.15) is 25.2 Å². The van der Waals surface area contributed by atoms with Gasteiger partial charge in [0.05, 0.1) is 20.1 Å². The molecule has 0 bridgehead atoms. The van der Waals surface area contributed by atoms with Crippen LogP contribution >= 0.6 is 0 Å². The minimum atomic E-state index is -0.573. The van der Waals surface area contributed by atoms with E-state index in [1.807, 2.05) is 50.2 Å². The zero-order chi connectivity index (χ0) is 24.4. The van der Waals surface area contributed by atoms with Gasteiger partial charge in [-0.2, -0.15) is 0 Å². The number of ether oxygens (including phenoxy) is 1. The largest absolute Gasteiger partial charge is 0.497 e. The van der Waals surface area contributed by atoms with Gasteiger partial charge in [0.2, 0.25) is 11.8 Å². The monoisotopic (exact) mass is 462 g/mol. The zero-order valence-electron chi connectivity index (χ0n) is 19.5. The molecule has 2 N–H and O–H groups in total. The Morgan fingerprint density at radius 3 is 2.47 bits per heavy atom. The SMILES string of the molecule is COc1ccc2cc(-c3oc4cc(C)oc(=O)c4c3CC(=O)NCC(=O)NC(C)C)ccc2c1. The lowest BCUT2D eigenvalue weighted by Crippen LogP contribution is -2.40. The molecule has 8 nitrogen and oxygen atoms in total. The Hall–Kier alpha value is -4.07. The van der Waals surface area contributed by atoms with Crippen molar-refractivity contribution in [2.75, 3.05) is 13.7 Å². The molecule has 4 aromatic rings. The van der Waals surface area contributed by atoms with E-state index in [4.69, 9.17) is 13.6 Å². The van der Waals surface area contributed by atoms with E-state index in [1.165, 1.54) is 0 Å². The van der Waals surface area contributed by atoms with Crippen molar-refractivity contribution in [1.29, 1.82) is 0 Å². The van der Waals surface area contributed by atoms with Crippen molar-refractivity contribution in [1.82, 2.24) is 10.6 Å². The highest BCUT2D eigenvalue weighted by Crippen LogP contribution is 2.35. The minimum absolute atomic E-state index is 0.0328. The van der Waals surface area contributed by atoms with Gasteiger partial charge in [-0.15, -0.1) is 0 Å². The summed E-state index contributed by atoms with van der Waals surface area (Å²) in [4.78, 5) is 37.3. The van der Waals surface area contributed by atoms with Crippen LogP contribution < -0.4 is 21.0 Å². The van der Waals surface area contributed by atoms with Gasteiger partial charge < -0.3 is 24.2 Å². The summed E-state index contributed by atoms with van der Waals surface area (Å²) in [5, 5.41) is 7.47. The second kappa shape index (κ2) is 9.43. The third-order valence-electron chi connectivity index (χ3n) is 5.37. The van der Waals surface area contributed by atoms with Gasteiger partial charge in [0.1, 0.15) is 28.2 Å². The average Bonchev–Trinajstić information content (AvgIpc) is 3.14. The molecule has 0 saturated heterocycles. The second-order valence-electron chi connectivity index (χ2n) is 8.40. The number of amides is 2. The molecule has 176 valence electrons. The van der Waals surface area contributed by atoms with Crippen molar-refractivity contribution in [2.24, 2.45) is 0 Å². The number of carbonyl (C=O) groups excluding carboxylic acids is 2. The molecule has 0 saturated carbocycles. The van der Waals surface area contributed by atoms with Crippen molar-refractivity contribution in [2.45, 2.75) is 33.2 Å². The molecular formula is C26H26N2O6. The first-order valence-electron chi connectivity index (χ1n) is 11.0. The molecule has 0 atom stereocenters. The summed E-state index contributed by atoms with van der Waals surface area (Å²) >= 11 is 0. The normalized spacial score (nSPS) is 11.2. The van der Waals surface area contributed by atoms with Crippen LogP contribution in [-0.2, 0) is 16.0 Å². The maximum absolute atomic E-state index is 12.7. The molecule has 2 amide bonds. The van der Waals surface area contributed by atoms with Crippen molar-refractivity contribution in [3.8, 4) is 17.1 Å². The van der Waals surface area contributed by atoms with Crippen molar-refractivity contribution >= 4 is 33.6 Å². The van der Waals surface area contributed by atoms with Crippen LogP contribution in [0.4, 0.5) is 0 Å². The van der Waals surface area contributed by atoms with Gasteiger partial charge >= 0.3 is 5.63 Å². The van der Waals surface area contributed by atoms with Crippen LogP contribution in [0, 0.1) is 6.92 Å². The van der Waals surface area contributed by atoms with Gasteiger partial charge in [-0.05, 0) is 49.7 Å². The number of hydrogen-bond donors (Lipinski definition) is 2. The fourth-order valence-electron chi connectivity index (χ4n) is 3.89. The zero-order valence-corrected chi connectivity index (χ0v) is 19.5. The first-order valence-corrected chi connectivity index (χ1v) is 11.0. The average molecular weight is 463 g/mol. The van der Waals surface area contributed by atoms with E-state index in [0.29, 0.717) is 28.2 Å². The number of methoxy groups -OCH3 is 1. The Balaban J connectivity index is 1.73. The molecular weight excluding hydrogens is 436 g/mol. The Morgan fingerprint density at radius 1 is 1.00 bits per heavy atom. The van der Waals surface area contributed by atoms with Gasteiger partial charge in [-0.25, -0.2) is 4.79 Å². The smallest absolute Gasteiger partial charge is 0.347 e. The molecule has 0 radical (unpaired) electrons. The molecule has 2 heterocycles. The molecule has 2 aromatic heterocycles. The number of carbonyl (C=O) groups is 2. The van der Waals surface area contributed by atoms with Gasteiger partial charge in [-0.3, -0.25) is 9.59 Å². The van der Waals surface area contributed by atoms with Crippen LogP contribution in [0.2, 0.25) is 0 Å². The lowest BCUT2D eigenvalue weighted by atomic mass is 10.0. The summed E-state index contributed by atoms with van der Waals surface area (Å²) in [6, 6.07) is 13.0. The van der Waals surface area contributed by atoms with Gasteiger partial charge in [-0.1, -0.05) is 18.2 Å². The molecule has 0 spiro atoms. The summed E-state index contributed by atoms with van der Waals surface area (Å²) in [7, 11) is 1.61. The molecule has 0 aliphatic rings. The molecule has 4 rings (SSSR count). The van der Waals surface area contributed by atoms with E-state index in [9.17, 15) is 14.4 Å². The predicted octanol–water partition coefficient (Wildman–Crippen LogP) is 3.71.